The smallest absolute Gasteiger partial charge is 0.168 e. The first-order chi connectivity index (χ1) is 18.9. The highest BCUT2D eigenvalue weighted by Gasteiger charge is 2.13. The molecule has 0 saturated carbocycles. The van der Waals surface area contributed by atoms with E-state index in [2.05, 4.69) is 62.4 Å². The lowest BCUT2D eigenvalue weighted by atomic mass is 10.0. The monoisotopic (exact) mass is 522 g/mol. The molecule has 0 unspecified atom stereocenters. The lowest BCUT2D eigenvalue weighted by molar-refractivity contribution is 0.259. The first kappa shape index (κ1) is 32.3. The van der Waals surface area contributed by atoms with Crippen LogP contribution in [0.4, 0.5) is 0 Å². The number of benzene rings is 2. The van der Waals surface area contributed by atoms with Crippen molar-refractivity contribution in [1.82, 2.24) is 0 Å². The highest BCUT2D eigenvalue weighted by Crippen LogP contribution is 2.38. The summed E-state index contributed by atoms with van der Waals surface area (Å²) in [6.07, 6.45) is 26.8. The second-order valence-electron chi connectivity index (χ2n) is 11.1. The third-order valence-corrected chi connectivity index (χ3v) is 7.56. The van der Waals surface area contributed by atoms with E-state index in [0.717, 1.165) is 43.1 Å². The van der Waals surface area contributed by atoms with E-state index in [1.165, 1.54) is 121 Å². The summed E-state index contributed by atoms with van der Waals surface area (Å²) in [7, 11) is 0. The van der Waals surface area contributed by atoms with Gasteiger partial charge < -0.3 is 9.47 Å². The number of rotatable bonds is 25. The predicted octanol–water partition coefficient (Wildman–Crippen LogP) is 12.0. The zero-order valence-corrected chi connectivity index (χ0v) is 25.0. The van der Waals surface area contributed by atoms with Crippen LogP contribution in [0.2, 0.25) is 0 Å². The molecular weight excluding hydrogens is 464 g/mol. The predicted molar refractivity (Wildman–Crippen MR) is 167 cm³/mol. The van der Waals surface area contributed by atoms with Gasteiger partial charge in [0.15, 0.2) is 11.5 Å². The van der Waals surface area contributed by atoms with Gasteiger partial charge in [-0.05, 0) is 24.5 Å². The van der Waals surface area contributed by atoms with E-state index in [0.29, 0.717) is 0 Å². The van der Waals surface area contributed by atoms with Crippen molar-refractivity contribution < 1.29 is 9.47 Å². The number of hydrogen-bond acceptors (Lipinski definition) is 2. The average molecular weight is 523 g/mol. The number of hydrogen-bond donors (Lipinski definition) is 0. The first-order valence-electron chi connectivity index (χ1n) is 16.3. The van der Waals surface area contributed by atoms with Crippen molar-refractivity contribution in [2.45, 2.75) is 142 Å². The second-order valence-corrected chi connectivity index (χ2v) is 11.1. The summed E-state index contributed by atoms with van der Waals surface area (Å²) in [5, 5.41) is 0. The molecule has 2 aromatic rings. The van der Waals surface area contributed by atoms with Crippen molar-refractivity contribution in [3.8, 4) is 22.6 Å². The number of unbranched alkanes of at least 4 members (excludes halogenated alkanes) is 18. The lowest BCUT2D eigenvalue weighted by Gasteiger charge is -2.17. The number of ether oxygens (including phenoxy) is 2. The minimum absolute atomic E-state index is 0.759. The van der Waals surface area contributed by atoms with Gasteiger partial charge in [-0.1, -0.05) is 172 Å². The first-order valence-corrected chi connectivity index (χ1v) is 16.3. The molecule has 2 heteroatoms. The normalized spacial score (nSPS) is 11.1. The van der Waals surface area contributed by atoms with E-state index in [9.17, 15) is 0 Å². The lowest BCUT2D eigenvalue weighted by Crippen LogP contribution is -2.04. The zero-order valence-electron chi connectivity index (χ0n) is 25.0. The molecule has 38 heavy (non-hydrogen) atoms. The highest BCUT2D eigenvalue weighted by molar-refractivity contribution is 5.73. The maximum atomic E-state index is 6.42. The van der Waals surface area contributed by atoms with Crippen LogP contribution in [0.15, 0.2) is 48.5 Å². The SMILES string of the molecule is CCCCCCCCCCCCOc1cccc(-c2ccccc2)c1OCCCCCCCCCCCC. The van der Waals surface area contributed by atoms with Gasteiger partial charge in [0.05, 0.1) is 13.2 Å². The molecule has 0 aliphatic carbocycles. The van der Waals surface area contributed by atoms with Crippen molar-refractivity contribution in [2.24, 2.45) is 0 Å². The van der Waals surface area contributed by atoms with Gasteiger partial charge in [-0.2, -0.15) is 0 Å². The fourth-order valence-electron chi connectivity index (χ4n) is 5.16. The molecule has 0 amide bonds. The van der Waals surface area contributed by atoms with Gasteiger partial charge in [-0.15, -0.1) is 0 Å². The fourth-order valence-corrected chi connectivity index (χ4v) is 5.16. The van der Waals surface area contributed by atoms with Crippen LogP contribution in [0.25, 0.3) is 11.1 Å². The van der Waals surface area contributed by atoms with E-state index in [4.69, 9.17) is 9.47 Å². The molecule has 2 nitrogen and oxygen atoms in total. The molecule has 0 atom stereocenters. The van der Waals surface area contributed by atoms with Crippen LogP contribution in [0, 0.1) is 0 Å². The average Bonchev–Trinajstić information content (AvgIpc) is 2.95. The van der Waals surface area contributed by atoms with Crippen LogP contribution in [-0.4, -0.2) is 13.2 Å². The minimum atomic E-state index is 0.759. The van der Waals surface area contributed by atoms with Gasteiger partial charge in [-0.25, -0.2) is 0 Å². The Morgan fingerprint density at radius 2 is 0.868 bits per heavy atom. The molecule has 0 heterocycles. The van der Waals surface area contributed by atoms with Crippen LogP contribution in [-0.2, 0) is 0 Å². The standard InChI is InChI=1S/C36H58O2/c1-3-5-7-9-11-13-15-17-19-24-31-37-35-30-26-29-34(33-27-22-21-23-28-33)36(35)38-32-25-20-18-16-14-12-10-8-6-4-2/h21-23,26-30H,3-20,24-25,31-32H2,1-2H3. The van der Waals surface area contributed by atoms with Crippen molar-refractivity contribution >= 4 is 0 Å². The van der Waals surface area contributed by atoms with E-state index in [1.54, 1.807) is 0 Å². The Labute approximate surface area is 235 Å². The Hall–Kier alpha value is -1.96. The van der Waals surface area contributed by atoms with Crippen LogP contribution in [0.5, 0.6) is 11.5 Å². The number of para-hydroxylation sites is 1. The van der Waals surface area contributed by atoms with E-state index in [-0.39, 0.29) is 0 Å². The maximum absolute atomic E-state index is 6.42. The van der Waals surface area contributed by atoms with Gasteiger partial charge in [0.25, 0.3) is 0 Å². The third-order valence-electron chi connectivity index (χ3n) is 7.56. The molecule has 0 N–H and O–H groups in total. The van der Waals surface area contributed by atoms with Crippen molar-refractivity contribution in [1.29, 1.82) is 0 Å². The summed E-state index contributed by atoms with van der Waals surface area (Å²) >= 11 is 0. The molecule has 0 aliphatic rings. The summed E-state index contributed by atoms with van der Waals surface area (Å²) < 4.78 is 12.7. The highest BCUT2D eigenvalue weighted by atomic mass is 16.5. The molecule has 0 fully saturated rings. The van der Waals surface area contributed by atoms with Gasteiger partial charge in [0.1, 0.15) is 0 Å². The van der Waals surface area contributed by atoms with Crippen LogP contribution in [0.3, 0.4) is 0 Å². The van der Waals surface area contributed by atoms with Crippen molar-refractivity contribution in [2.75, 3.05) is 13.2 Å². The Bertz CT molecular complexity index is 785. The summed E-state index contributed by atoms with van der Waals surface area (Å²) in [6, 6.07) is 16.9. The Morgan fingerprint density at radius 1 is 0.421 bits per heavy atom. The Kier molecular flexibility index (Phi) is 19.5. The molecule has 214 valence electrons. The molecule has 0 aromatic heterocycles. The topological polar surface area (TPSA) is 18.5 Å². The molecule has 0 bridgehead atoms. The van der Waals surface area contributed by atoms with Gasteiger partial charge in [0, 0.05) is 5.56 Å². The minimum Gasteiger partial charge on any atom is -0.490 e. The van der Waals surface area contributed by atoms with Gasteiger partial charge in [0.2, 0.25) is 0 Å². The van der Waals surface area contributed by atoms with Crippen molar-refractivity contribution in [3.05, 3.63) is 48.5 Å². The summed E-state index contributed by atoms with van der Waals surface area (Å²) in [5.74, 6) is 1.82. The van der Waals surface area contributed by atoms with Gasteiger partial charge >= 0.3 is 0 Å². The van der Waals surface area contributed by atoms with Crippen LogP contribution < -0.4 is 9.47 Å². The largest absolute Gasteiger partial charge is 0.490 e. The second kappa shape index (κ2) is 23.0. The van der Waals surface area contributed by atoms with Gasteiger partial charge in [-0.3, -0.25) is 0 Å². The third kappa shape index (κ3) is 14.8. The summed E-state index contributed by atoms with van der Waals surface area (Å²) in [6.45, 7) is 6.10. The Balaban J connectivity index is 1.73. The quantitative estimate of drug-likeness (QED) is 0.121. The van der Waals surface area contributed by atoms with E-state index >= 15 is 0 Å². The van der Waals surface area contributed by atoms with Crippen molar-refractivity contribution in [3.63, 3.8) is 0 Å². The Morgan fingerprint density at radius 3 is 1.37 bits per heavy atom. The zero-order chi connectivity index (χ0) is 26.9. The van der Waals surface area contributed by atoms with E-state index in [1.807, 2.05) is 0 Å². The molecule has 0 aliphatic heterocycles. The maximum Gasteiger partial charge on any atom is 0.168 e. The molecule has 0 saturated heterocycles. The van der Waals surface area contributed by atoms with Crippen LogP contribution in [0.1, 0.15) is 142 Å². The molecule has 2 rings (SSSR count). The van der Waals surface area contributed by atoms with E-state index < -0.39 is 0 Å². The molecule has 0 radical (unpaired) electrons. The molecule has 2 aromatic carbocycles. The summed E-state index contributed by atoms with van der Waals surface area (Å²) in [5.41, 5.74) is 2.33. The molecule has 0 spiro atoms. The molecular formula is C36H58O2. The summed E-state index contributed by atoms with van der Waals surface area (Å²) in [4.78, 5) is 0. The fraction of sp³-hybridized carbons (Fsp3) is 0.667. The van der Waals surface area contributed by atoms with Crippen LogP contribution >= 0.6 is 0 Å².